The van der Waals surface area contributed by atoms with E-state index in [2.05, 4.69) is 72.8 Å². The Hall–Kier alpha value is -3.38. The predicted molar refractivity (Wildman–Crippen MR) is 131 cm³/mol. The highest BCUT2D eigenvalue weighted by Gasteiger charge is 2.25. The number of benzene rings is 6. The van der Waals surface area contributed by atoms with Crippen molar-refractivity contribution < 1.29 is 0 Å². The van der Waals surface area contributed by atoms with E-state index in [1.165, 1.54) is 89.3 Å². The van der Waals surface area contributed by atoms with Crippen LogP contribution < -0.4 is 0 Å². The van der Waals surface area contributed by atoms with E-state index in [9.17, 15) is 0 Å². The van der Waals surface area contributed by atoms with E-state index in [-0.39, 0.29) is 0 Å². The number of hydrogen-bond acceptors (Lipinski definition) is 0. The molecule has 30 heavy (non-hydrogen) atoms. The topological polar surface area (TPSA) is 0 Å². The Bertz CT molecular complexity index is 1530. The van der Waals surface area contributed by atoms with Crippen LogP contribution in [-0.2, 0) is 12.8 Å². The van der Waals surface area contributed by atoms with Crippen LogP contribution in [0.25, 0.3) is 65.3 Å². The van der Waals surface area contributed by atoms with Crippen molar-refractivity contribution in [1.29, 1.82) is 0 Å². The average molecular weight is 383 g/mol. The highest BCUT2D eigenvalue weighted by molar-refractivity contribution is 6.37. The molecule has 0 radical (unpaired) electrons. The quantitative estimate of drug-likeness (QED) is 0.182. The van der Waals surface area contributed by atoms with E-state index in [4.69, 9.17) is 0 Å². The smallest absolute Gasteiger partial charge is 0.00139 e. The standard InChI is InChI=1S/C28H16.C2H6/c1-2-4-18-17(3-1)19-11-13-23-21-9-7-15-5-6-16-8-10-22(26(21)25(15)16)24-14-12-20(18)27(19)28(23)24;1-2/h1-4,7-14H,5-6H2;1-2H3. The fourth-order valence-corrected chi connectivity index (χ4v) is 6.12. The van der Waals surface area contributed by atoms with Crippen LogP contribution >= 0.6 is 0 Å². The Morgan fingerprint density at radius 3 is 1.33 bits per heavy atom. The molecule has 0 aromatic heterocycles. The van der Waals surface area contributed by atoms with Crippen LogP contribution in [0.15, 0.2) is 72.8 Å². The van der Waals surface area contributed by atoms with E-state index in [1.807, 2.05) is 13.8 Å². The van der Waals surface area contributed by atoms with Crippen LogP contribution in [0.3, 0.4) is 0 Å². The fraction of sp³-hybridized carbons (Fsp3) is 0.133. The maximum absolute atomic E-state index is 2.38. The monoisotopic (exact) mass is 382 g/mol. The second-order valence-electron chi connectivity index (χ2n) is 8.41. The Labute approximate surface area is 176 Å². The molecule has 0 N–H and O–H groups in total. The molecule has 2 aliphatic carbocycles. The van der Waals surface area contributed by atoms with Crippen molar-refractivity contribution in [1.82, 2.24) is 0 Å². The lowest BCUT2D eigenvalue weighted by Crippen LogP contribution is -1.89. The molecule has 0 bridgehead atoms. The van der Waals surface area contributed by atoms with E-state index < -0.39 is 0 Å². The second-order valence-corrected chi connectivity index (χ2v) is 8.41. The van der Waals surface area contributed by atoms with Gasteiger partial charge in [0.2, 0.25) is 0 Å². The summed E-state index contributed by atoms with van der Waals surface area (Å²) in [6.07, 6.45) is 2.37. The third kappa shape index (κ3) is 1.75. The molecular formula is C30H22. The summed E-state index contributed by atoms with van der Waals surface area (Å²) in [7, 11) is 0. The maximum Gasteiger partial charge on any atom is -0.00139 e. The Morgan fingerprint density at radius 1 is 0.400 bits per heavy atom. The zero-order valence-electron chi connectivity index (χ0n) is 17.3. The van der Waals surface area contributed by atoms with Gasteiger partial charge in [-0.25, -0.2) is 0 Å². The van der Waals surface area contributed by atoms with Gasteiger partial charge >= 0.3 is 0 Å². The maximum atomic E-state index is 2.38. The Morgan fingerprint density at radius 2 is 0.833 bits per heavy atom. The third-order valence-electron chi connectivity index (χ3n) is 7.25. The molecule has 0 fully saturated rings. The molecule has 6 aromatic rings. The second kappa shape index (κ2) is 5.61. The molecule has 0 heteroatoms. The van der Waals surface area contributed by atoms with E-state index in [0.717, 1.165) is 0 Å². The summed E-state index contributed by atoms with van der Waals surface area (Å²) < 4.78 is 0. The van der Waals surface area contributed by atoms with E-state index >= 15 is 0 Å². The van der Waals surface area contributed by atoms with Crippen LogP contribution in [0.5, 0.6) is 0 Å². The molecular weight excluding hydrogens is 360 g/mol. The van der Waals surface area contributed by atoms with Crippen molar-refractivity contribution in [3.63, 3.8) is 0 Å². The summed E-state index contributed by atoms with van der Waals surface area (Å²) in [5, 5.41) is 11.6. The lowest BCUT2D eigenvalue weighted by molar-refractivity contribution is 1.02. The zero-order valence-corrected chi connectivity index (χ0v) is 17.3. The predicted octanol–water partition coefficient (Wildman–Crippen LogP) is 8.51. The minimum atomic E-state index is 1.19. The van der Waals surface area contributed by atoms with Gasteiger partial charge in [0.25, 0.3) is 0 Å². The van der Waals surface area contributed by atoms with Gasteiger partial charge in [0.15, 0.2) is 0 Å². The number of aryl methyl sites for hydroxylation is 2. The van der Waals surface area contributed by atoms with Crippen LogP contribution in [0.2, 0.25) is 0 Å². The number of fused-ring (bicyclic) bond motifs is 5. The van der Waals surface area contributed by atoms with Gasteiger partial charge < -0.3 is 0 Å². The molecule has 0 saturated carbocycles. The third-order valence-corrected chi connectivity index (χ3v) is 7.25. The summed E-state index contributed by atoms with van der Waals surface area (Å²) in [6, 6.07) is 27.8. The molecule has 142 valence electrons. The number of rotatable bonds is 0. The van der Waals surface area contributed by atoms with Gasteiger partial charge in [0, 0.05) is 0 Å². The van der Waals surface area contributed by atoms with Crippen molar-refractivity contribution in [2.45, 2.75) is 26.7 Å². The van der Waals surface area contributed by atoms with Crippen LogP contribution in [0, 0.1) is 0 Å². The van der Waals surface area contributed by atoms with Crippen LogP contribution in [0.1, 0.15) is 25.0 Å². The molecule has 0 heterocycles. The first-order valence-electron chi connectivity index (χ1n) is 11.2. The molecule has 0 nitrogen and oxygen atoms in total. The van der Waals surface area contributed by atoms with Crippen LogP contribution in [-0.4, -0.2) is 0 Å². The van der Waals surface area contributed by atoms with Crippen molar-refractivity contribution >= 4 is 43.1 Å². The highest BCUT2D eigenvalue weighted by atomic mass is 14.3. The first-order valence-corrected chi connectivity index (χ1v) is 11.2. The lowest BCUT2D eigenvalue weighted by atomic mass is 9.87. The normalized spacial score (nSPS) is 13.4. The van der Waals surface area contributed by atoms with Gasteiger partial charge in [0.1, 0.15) is 0 Å². The Balaban J connectivity index is 0.000000789. The van der Waals surface area contributed by atoms with Crippen LogP contribution in [0.4, 0.5) is 0 Å². The van der Waals surface area contributed by atoms with Gasteiger partial charge in [-0.3, -0.25) is 0 Å². The van der Waals surface area contributed by atoms with Gasteiger partial charge in [-0.1, -0.05) is 86.6 Å². The van der Waals surface area contributed by atoms with E-state index in [0.29, 0.717) is 0 Å². The molecule has 0 saturated heterocycles. The van der Waals surface area contributed by atoms with Crippen molar-refractivity contribution in [2.75, 3.05) is 0 Å². The summed E-state index contributed by atoms with van der Waals surface area (Å²) in [5.74, 6) is 0. The first-order chi connectivity index (χ1) is 14.9. The molecule has 0 amide bonds. The SMILES string of the molecule is CC.c1ccc2c(c1)-c1ccc3c4ccc5c6c(ccc(c7ccc-2c1c37)c64)CC5. The molecule has 0 atom stereocenters. The zero-order chi connectivity index (χ0) is 20.0. The lowest BCUT2D eigenvalue weighted by Gasteiger charge is -2.16. The van der Waals surface area contributed by atoms with Gasteiger partial charge in [-0.2, -0.15) is 0 Å². The molecule has 6 aromatic carbocycles. The van der Waals surface area contributed by atoms with Gasteiger partial charge in [0.05, 0.1) is 0 Å². The molecule has 0 unspecified atom stereocenters. The molecule has 0 spiro atoms. The largest absolute Gasteiger partial charge is 0.0683 e. The van der Waals surface area contributed by atoms with Gasteiger partial charge in [-0.15, -0.1) is 0 Å². The summed E-state index contributed by atoms with van der Waals surface area (Å²) in [4.78, 5) is 0. The molecule has 2 aliphatic rings. The minimum Gasteiger partial charge on any atom is -0.0683 e. The molecule has 0 aliphatic heterocycles. The first kappa shape index (κ1) is 16.4. The minimum absolute atomic E-state index is 1.19. The summed E-state index contributed by atoms with van der Waals surface area (Å²) >= 11 is 0. The van der Waals surface area contributed by atoms with Crippen molar-refractivity contribution in [2.24, 2.45) is 0 Å². The van der Waals surface area contributed by atoms with Crippen molar-refractivity contribution in [3.8, 4) is 22.3 Å². The number of hydrogen-bond donors (Lipinski definition) is 0. The van der Waals surface area contributed by atoms with Gasteiger partial charge in [-0.05, 0) is 89.3 Å². The summed E-state index contributed by atoms with van der Waals surface area (Å²) in [5.41, 5.74) is 8.59. The highest BCUT2D eigenvalue weighted by Crippen LogP contribution is 2.52. The average Bonchev–Trinajstić information content (AvgIpc) is 3.39. The molecule has 8 rings (SSSR count). The summed E-state index contributed by atoms with van der Waals surface area (Å²) in [6.45, 7) is 4.00. The fourth-order valence-electron chi connectivity index (χ4n) is 6.12. The van der Waals surface area contributed by atoms with E-state index in [1.54, 1.807) is 0 Å². The Kier molecular flexibility index (Phi) is 3.07. The van der Waals surface area contributed by atoms with Crippen molar-refractivity contribution in [3.05, 3.63) is 83.9 Å².